The molecule has 0 unspecified atom stereocenters. The van der Waals surface area contributed by atoms with Crippen LogP contribution in [0.4, 0.5) is 0 Å². The Bertz CT molecular complexity index is 966. The fourth-order valence-corrected chi connectivity index (χ4v) is 5.90. The molecule has 0 spiro atoms. The number of rotatable bonds is 8. The van der Waals surface area contributed by atoms with E-state index in [0.717, 1.165) is 0 Å². The van der Waals surface area contributed by atoms with Gasteiger partial charge in [-0.05, 0) is 36.4 Å². The molecule has 0 N–H and O–H groups in total. The van der Waals surface area contributed by atoms with E-state index in [9.17, 15) is 16.8 Å². The van der Waals surface area contributed by atoms with Gasteiger partial charge in [-0.15, -0.1) is 0 Å². The van der Waals surface area contributed by atoms with Crippen LogP contribution in [0.2, 0.25) is 0 Å². The van der Waals surface area contributed by atoms with E-state index >= 15 is 0 Å². The van der Waals surface area contributed by atoms with Crippen LogP contribution >= 0.6 is 0 Å². The number of methoxy groups -OCH3 is 1. The zero-order valence-corrected chi connectivity index (χ0v) is 16.4. The van der Waals surface area contributed by atoms with Gasteiger partial charge in [0.2, 0.25) is 10.0 Å². The van der Waals surface area contributed by atoms with Gasteiger partial charge < -0.3 is 9.47 Å². The van der Waals surface area contributed by atoms with Gasteiger partial charge in [-0.1, -0.05) is 18.2 Å². The Morgan fingerprint density at radius 1 is 0.926 bits per heavy atom. The molecule has 1 fully saturated rings. The lowest BCUT2D eigenvalue weighted by Crippen LogP contribution is -2.57. The molecule has 1 heterocycles. The van der Waals surface area contributed by atoms with Gasteiger partial charge in [-0.2, -0.15) is 4.31 Å². The highest BCUT2D eigenvalue weighted by molar-refractivity contribution is 7.92. The van der Waals surface area contributed by atoms with Crippen molar-refractivity contribution >= 4 is 19.9 Å². The summed E-state index contributed by atoms with van der Waals surface area (Å²) in [5, 5.41) is -0.740. The number of benzene rings is 2. The molecule has 3 rings (SSSR count). The number of nitrogens with zero attached hydrogens (tertiary/aromatic N) is 1. The van der Waals surface area contributed by atoms with Gasteiger partial charge in [0.25, 0.3) is 0 Å². The number of hydrogen-bond acceptors (Lipinski definition) is 6. The molecule has 0 aliphatic carbocycles. The van der Waals surface area contributed by atoms with E-state index in [1.165, 1.54) is 23.5 Å². The molecule has 27 heavy (non-hydrogen) atoms. The summed E-state index contributed by atoms with van der Waals surface area (Å²) in [5.74, 6) is 0.957. The van der Waals surface area contributed by atoms with Crippen LogP contribution in [-0.4, -0.2) is 58.9 Å². The van der Waals surface area contributed by atoms with Crippen LogP contribution in [0.3, 0.4) is 0 Å². The second-order valence-corrected chi connectivity index (χ2v) is 10.5. The molecular weight excluding hydrogens is 390 g/mol. The van der Waals surface area contributed by atoms with Crippen LogP contribution in [0, 0.1) is 0 Å². The Hall–Kier alpha value is -2.10. The van der Waals surface area contributed by atoms with E-state index in [0.29, 0.717) is 11.5 Å². The molecule has 146 valence electrons. The van der Waals surface area contributed by atoms with Gasteiger partial charge >= 0.3 is 0 Å². The third-order valence-electron chi connectivity index (χ3n) is 4.39. The molecule has 0 radical (unpaired) electrons. The molecule has 2 aromatic carbocycles. The molecule has 0 bridgehead atoms. The van der Waals surface area contributed by atoms with Crippen LogP contribution in [0.25, 0.3) is 0 Å². The van der Waals surface area contributed by atoms with Crippen molar-refractivity contribution in [3.05, 3.63) is 54.6 Å². The lowest BCUT2D eigenvalue weighted by molar-refractivity contribution is 0.298. The first-order chi connectivity index (χ1) is 12.8. The number of sulfonamides is 1. The monoisotopic (exact) mass is 411 g/mol. The molecule has 1 saturated heterocycles. The maximum absolute atomic E-state index is 12.6. The molecule has 0 aromatic heterocycles. The third kappa shape index (κ3) is 4.42. The standard InChI is InChI=1S/C18H21NO6S2/c1-24-15-7-9-17(10-8-15)27(22,23)18-13-19(14-18)26(20,21)12-11-25-16-5-3-2-4-6-16/h2-10,18H,11-14H2,1H3. The second kappa shape index (κ2) is 7.87. The smallest absolute Gasteiger partial charge is 0.217 e. The van der Waals surface area contributed by atoms with Crippen molar-refractivity contribution in [2.45, 2.75) is 10.1 Å². The summed E-state index contributed by atoms with van der Waals surface area (Å²) in [4.78, 5) is 0.165. The van der Waals surface area contributed by atoms with Crippen molar-refractivity contribution in [2.24, 2.45) is 0 Å². The van der Waals surface area contributed by atoms with Crippen molar-refractivity contribution < 1.29 is 26.3 Å². The molecular formula is C18H21NO6S2. The first-order valence-electron chi connectivity index (χ1n) is 8.36. The summed E-state index contributed by atoms with van der Waals surface area (Å²) in [7, 11) is -5.63. The van der Waals surface area contributed by atoms with E-state index in [4.69, 9.17) is 9.47 Å². The van der Waals surface area contributed by atoms with E-state index in [-0.39, 0.29) is 30.3 Å². The lowest BCUT2D eigenvalue weighted by Gasteiger charge is -2.37. The average molecular weight is 412 g/mol. The summed E-state index contributed by atoms with van der Waals surface area (Å²) in [6.07, 6.45) is 0. The number of ether oxygens (including phenoxy) is 2. The molecule has 1 aliphatic rings. The third-order valence-corrected chi connectivity index (χ3v) is 8.26. The molecule has 1 aliphatic heterocycles. The lowest BCUT2D eigenvalue weighted by atomic mass is 10.3. The van der Waals surface area contributed by atoms with Crippen molar-refractivity contribution in [1.29, 1.82) is 0 Å². The molecule has 0 atom stereocenters. The zero-order valence-electron chi connectivity index (χ0n) is 14.8. The minimum atomic E-state index is -3.58. The normalized spacial score (nSPS) is 15.9. The van der Waals surface area contributed by atoms with Gasteiger partial charge in [0.05, 0.1) is 23.0 Å². The molecule has 0 amide bonds. The van der Waals surface area contributed by atoms with E-state index in [1.807, 2.05) is 6.07 Å². The second-order valence-electron chi connectivity index (χ2n) is 6.14. The van der Waals surface area contributed by atoms with Gasteiger partial charge in [0.1, 0.15) is 18.1 Å². The Kier molecular flexibility index (Phi) is 5.73. The summed E-state index contributed by atoms with van der Waals surface area (Å²) >= 11 is 0. The number of hydrogen-bond donors (Lipinski definition) is 0. The van der Waals surface area contributed by atoms with Gasteiger partial charge in [-0.25, -0.2) is 16.8 Å². The van der Waals surface area contributed by atoms with Gasteiger partial charge in [0.15, 0.2) is 9.84 Å². The van der Waals surface area contributed by atoms with E-state index in [2.05, 4.69) is 0 Å². The topological polar surface area (TPSA) is 90.0 Å². The van der Waals surface area contributed by atoms with E-state index < -0.39 is 25.1 Å². The number of sulfone groups is 1. The molecule has 2 aromatic rings. The Balaban J connectivity index is 1.55. The summed E-state index contributed by atoms with van der Waals surface area (Å²) in [5.41, 5.74) is 0. The largest absolute Gasteiger partial charge is 0.497 e. The Labute approximate surface area is 159 Å². The average Bonchev–Trinajstić information content (AvgIpc) is 2.60. The fourth-order valence-electron chi connectivity index (χ4n) is 2.69. The molecule has 9 heteroatoms. The predicted molar refractivity (Wildman–Crippen MR) is 101 cm³/mol. The highest BCUT2D eigenvalue weighted by atomic mass is 32.2. The van der Waals surface area contributed by atoms with Crippen LogP contribution < -0.4 is 9.47 Å². The van der Waals surface area contributed by atoms with Gasteiger partial charge in [-0.3, -0.25) is 0 Å². The van der Waals surface area contributed by atoms with Crippen molar-refractivity contribution in [2.75, 3.05) is 32.6 Å². The van der Waals surface area contributed by atoms with Crippen LogP contribution in [0.1, 0.15) is 0 Å². The maximum atomic E-state index is 12.6. The summed E-state index contributed by atoms with van der Waals surface area (Å²) in [6.45, 7) is -0.0667. The highest BCUT2D eigenvalue weighted by Crippen LogP contribution is 2.27. The minimum absolute atomic E-state index is 0.0126. The molecule has 0 saturated carbocycles. The quantitative estimate of drug-likeness (QED) is 0.655. The van der Waals surface area contributed by atoms with Crippen LogP contribution in [0.15, 0.2) is 59.5 Å². The van der Waals surface area contributed by atoms with Crippen LogP contribution in [0.5, 0.6) is 11.5 Å². The summed E-state index contributed by atoms with van der Waals surface area (Å²) in [6, 6.07) is 15.0. The Morgan fingerprint density at radius 2 is 1.56 bits per heavy atom. The Morgan fingerprint density at radius 3 is 2.15 bits per heavy atom. The summed E-state index contributed by atoms with van der Waals surface area (Å²) < 4.78 is 61.5. The zero-order chi connectivity index (χ0) is 19.5. The number of para-hydroxylation sites is 1. The minimum Gasteiger partial charge on any atom is -0.497 e. The highest BCUT2D eigenvalue weighted by Gasteiger charge is 2.43. The van der Waals surface area contributed by atoms with E-state index in [1.54, 1.807) is 36.4 Å². The van der Waals surface area contributed by atoms with Crippen molar-refractivity contribution in [3.8, 4) is 11.5 Å². The first-order valence-corrected chi connectivity index (χ1v) is 11.5. The molecule has 7 nitrogen and oxygen atoms in total. The maximum Gasteiger partial charge on any atom is 0.217 e. The predicted octanol–water partition coefficient (Wildman–Crippen LogP) is 1.56. The van der Waals surface area contributed by atoms with Crippen molar-refractivity contribution in [3.63, 3.8) is 0 Å². The van der Waals surface area contributed by atoms with Crippen LogP contribution in [-0.2, 0) is 19.9 Å². The first kappa shape index (κ1) is 19.7. The SMILES string of the molecule is COc1ccc(S(=O)(=O)C2CN(S(=O)(=O)CCOc3ccccc3)C2)cc1. The van der Waals surface area contributed by atoms with Gasteiger partial charge in [0, 0.05) is 13.1 Å². The van der Waals surface area contributed by atoms with Crippen molar-refractivity contribution in [1.82, 2.24) is 4.31 Å². The fraction of sp³-hybridized carbons (Fsp3) is 0.333.